The molecule has 3 rings (SSSR count). The fourth-order valence-electron chi connectivity index (χ4n) is 3.20. The molecule has 0 radical (unpaired) electrons. The molecular formula is C23H27N3O2. The van der Waals surface area contributed by atoms with Crippen LogP contribution in [0.1, 0.15) is 40.8 Å². The minimum atomic E-state index is -0.121. The van der Waals surface area contributed by atoms with Crippen LogP contribution in [0.4, 0.5) is 0 Å². The van der Waals surface area contributed by atoms with Crippen LogP contribution in [-0.4, -0.2) is 21.7 Å². The Bertz CT molecular complexity index is 951. The first kappa shape index (κ1) is 19.7. The fraction of sp³-hybridized carbons (Fsp3) is 0.304. The van der Waals surface area contributed by atoms with Crippen molar-refractivity contribution < 1.29 is 9.21 Å². The van der Waals surface area contributed by atoms with Gasteiger partial charge in [0.05, 0.1) is 18.5 Å². The summed E-state index contributed by atoms with van der Waals surface area (Å²) in [5.41, 5.74) is 5.40. The number of hydrogen-bond donors (Lipinski definition) is 1. The van der Waals surface area contributed by atoms with Gasteiger partial charge in [0.15, 0.2) is 0 Å². The molecular weight excluding hydrogens is 350 g/mol. The maximum Gasteiger partial charge on any atom is 0.244 e. The van der Waals surface area contributed by atoms with Crippen molar-refractivity contribution in [2.45, 2.75) is 46.7 Å². The second kappa shape index (κ2) is 8.74. The van der Waals surface area contributed by atoms with Crippen molar-refractivity contribution in [2.24, 2.45) is 0 Å². The molecule has 2 heterocycles. The van der Waals surface area contributed by atoms with Gasteiger partial charge in [-0.1, -0.05) is 29.8 Å². The van der Waals surface area contributed by atoms with E-state index >= 15 is 0 Å². The molecule has 1 aromatic carbocycles. The molecule has 0 bridgehead atoms. The molecule has 0 saturated heterocycles. The smallest absolute Gasteiger partial charge is 0.244 e. The highest BCUT2D eigenvalue weighted by Gasteiger charge is 2.11. The first-order valence-corrected chi connectivity index (χ1v) is 9.53. The van der Waals surface area contributed by atoms with Gasteiger partial charge >= 0.3 is 0 Å². The molecule has 0 saturated carbocycles. The SMILES string of the molecule is Cc1ccc(Cn2nc(C)c(/C=C/C(=O)NC(C)Cc3ccco3)c2C)cc1. The minimum absolute atomic E-state index is 0.00486. The van der Waals surface area contributed by atoms with Gasteiger partial charge in [-0.15, -0.1) is 0 Å². The van der Waals surface area contributed by atoms with Gasteiger partial charge in [0.1, 0.15) is 5.76 Å². The predicted molar refractivity (Wildman–Crippen MR) is 111 cm³/mol. The van der Waals surface area contributed by atoms with E-state index in [-0.39, 0.29) is 11.9 Å². The summed E-state index contributed by atoms with van der Waals surface area (Å²) in [6.45, 7) is 8.76. The number of nitrogens with zero attached hydrogens (tertiary/aromatic N) is 2. The Kier molecular flexibility index (Phi) is 6.14. The molecule has 1 N–H and O–H groups in total. The van der Waals surface area contributed by atoms with Gasteiger partial charge in [0.2, 0.25) is 5.91 Å². The summed E-state index contributed by atoms with van der Waals surface area (Å²) in [7, 11) is 0. The van der Waals surface area contributed by atoms with Crippen LogP contribution in [0.2, 0.25) is 0 Å². The van der Waals surface area contributed by atoms with Gasteiger partial charge in [-0.05, 0) is 51.5 Å². The number of aromatic nitrogens is 2. The second-order valence-electron chi connectivity index (χ2n) is 7.25. The van der Waals surface area contributed by atoms with Crippen LogP contribution in [0, 0.1) is 20.8 Å². The summed E-state index contributed by atoms with van der Waals surface area (Å²) in [5.74, 6) is 0.741. The first-order chi connectivity index (χ1) is 13.4. The van der Waals surface area contributed by atoms with E-state index in [1.54, 1.807) is 12.3 Å². The zero-order valence-corrected chi connectivity index (χ0v) is 16.9. The average molecular weight is 377 g/mol. The Balaban J connectivity index is 1.63. The number of hydrogen-bond acceptors (Lipinski definition) is 3. The predicted octanol–water partition coefficient (Wildman–Crippen LogP) is 4.21. The molecule has 0 spiro atoms. The van der Waals surface area contributed by atoms with Crippen molar-refractivity contribution in [3.63, 3.8) is 0 Å². The summed E-state index contributed by atoms with van der Waals surface area (Å²) in [6, 6.07) is 12.2. The number of rotatable bonds is 7. The molecule has 5 nitrogen and oxygen atoms in total. The van der Waals surface area contributed by atoms with E-state index in [9.17, 15) is 4.79 Å². The maximum absolute atomic E-state index is 12.3. The number of benzene rings is 1. The number of amides is 1. The van der Waals surface area contributed by atoms with Crippen molar-refractivity contribution in [1.82, 2.24) is 15.1 Å². The van der Waals surface area contributed by atoms with Gasteiger partial charge in [-0.3, -0.25) is 9.48 Å². The molecule has 2 aromatic heterocycles. The third-order valence-corrected chi connectivity index (χ3v) is 4.77. The van der Waals surface area contributed by atoms with Gasteiger partial charge in [0.25, 0.3) is 0 Å². The van der Waals surface area contributed by atoms with Gasteiger partial charge < -0.3 is 9.73 Å². The lowest BCUT2D eigenvalue weighted by Gasteiger charge is -2.10. The van der Waals surface area contributed by atoms with E-state index in [2.05, 4.69) is 41.6 Å². The molecule has 0 fully saturated rings. The summed E-state index contributed by atoms with van der Waals surface area (Å²) in [5, 5.41) is 7.60. The minimum Gasteiger partial charge on any atom is -0.469 e. The van der Waals surface area contributed by atoms with Crippen LogP contribution >= 0.6 is 0 Å². The third-order valence-electron chi connectivity index (χ3n) is 4.77. The zero-order chi connectivity index (χ0) is 20.1. The Labute approximate surface area is 166 Å². The van der Waals surface area contributed by atoms with Crippen LogP contribution < -0.4 is 5.32 Å². The average Bonchev–Trinajstić information content (AvgIpc) is 3.24. The fourth-order valence-corrected chi connectivity index (χ4v) is 3.20. The molecule has 3 aromatic rings. The van der Waals surface area contributed by atoms with Gasteiger partial charge in [-0.25, -0.2) is 0 Å². The number of carbonyl (C=O) groups excluding carboxylic acids is 1. The van der Waals surface area contributed by atoms with Crippen LogP contribution in [-0.2, 0) is 17.8 Å². The lowest BCUT2D eigenvalue weighted by molar-refractivity contribution is -0.117. The Hall–Kier alpha value is -3.08. The first-order valence-electron chi connectivity index (χ1n) is 9.53. The van der Waals surface area contributed by atoms with Crippen molar-refractivity contribution >= 4 is 12.0 Å². The summed E-state index contributed by atoms with van der Waals surface area (Å²) in [6.07, 6.45) is 5.73. The van der Waals surface area contributed by atoms with E-state index < -0.39 is 0 Å². The van der Waals surface area contributed by atoms with E-state index in [0.717, 1.165) is 22.7 Å². The van der Waals surface area contributed by atoms with Crippen LogP contribution in [0.25, 0.3) is 6.08 Å². The van der Waals surface area contributed by atoms with Crippen molar-refractivity contribution in [3.8, 4) is 0 Å². The number of carbonyl (C=O) groups is 1. The summed E-state index contributed by atoms with van der Waals surface area (Å²) >= 11 is 0. The Morgan fingerprint density at radius 1 is 1.21 bits per heavy atom. The van der Waals surface area contributed by atoms with Crippen molar-refractivity contribution in [3.05, 3.63) is 82.6 Å². The second-order valence-corrected chi connectivity index (χ2v) is 7.25. The summed E-state index contributed by atoms with van der Waals surface area (Å²) < 4.78 is 7.31. The largest absolute Gasteiger partial charge is 0.469 e. The van der Waals surface area contributed by atoms with Crippen LogP contribution in [0.5, 0.6) is 0 Å². The Morgan fingerprint density at radius 3 is 2.64 bits per heavy atom. The molecule has 146 valence electrons. The highest BCUT2D eigenvalue weighted by atomic mass is 16.3. The molecule has 0 aliphatic heterocycles. The quantitative estimate of drug-likeness (QED) is 0.628. The topological polar surface area (TPSA) is 60.1 Å². The van der Waals surface area contributed by atoms with E-state index in [1.807, 2.05) is 43.7 Å². The molecule has 5 heteroatoms. The summed E-state index contributed by atoms with van der Waals surface area (Å²) in [4.78, 5) is 12.3. The number of nitrogens with one attached hydrogen (secondary N) is 1. The number of furan rings is 1. The lowest BCUT2D eigenvalue weighted by atomic mass is 10.1. The van der Waals surface area contributed by atoms with Gasteiger partial charge in [0, 0.05) is 29.8 Å². The van der Waals surface area contributed by atoms with E-state index in [4.69, 9.17) is 4.42 Å². The normalized spacial score (nSPS) is 12.4. The molecule has 1 atom stereocenters. The standard InChI is InChI=1S/C23H27N3O2/c1-16-7-9-20(10-8-16)15-26-19(4)22(18(3)25-26)11-12-23(27)24-17(2)14-21-6-5-13-28-21/h5-13,17H,14-15H2,1-4H3,(H,24,27)/b12-11+. The molecule has 1 amide bonds. The monoisotopic (exact) mass is 377 g/mol. The molecule has 0 aliphatic rings. The van der Waals surface area contributed by atoms with Crippen molar-refractivity contribution in [2.75, 3.05) is 0 Å². The van der Waals surface area contributed by atoms with E-state index in [0.29, 0.717) is 13.0 Å². The maximum atomic E-state index is 12.3. The number of aryl methyl sites for hydroxylation is 2. The Morgan fingerprint density at radius 2 is 1.96 bits per heavy atom. The lowest BCUT2D eigenvalue weighted by Crippen LogP contribution is -2.32. The highest BCUT2D eigenvalue weighted by Crippen LogP contribution is 2.17. The highest BCUT2D eigenvalue weighted by molar-refractivity contribution is 5.92. The van der Waals surface area contributed by atoms with E-state index in [1.165, 1.54) is 11.1 Å². The third kappa shape index (κ3) is 5.00. The molecule has 28 heavy (non-hydrogen) atoms. The van der Waals surface area contributed by atoms with Crippen LogP contribution in [0.3, 0.4) is 0 Å². The van der Waals surface area contributed by atoms with Gasteiger partial charge in [-0.2, -0.15) is 5.10 Å². The van der Waals surface area contributed by atoms with Crippen LogP contribution in [0.15, 0.2) is 53.2 Å². The molecule has 0 aliphatic carbocycles. The molecule has 1 unspecified atom stereocenters. The zero-order valence-electron chi connectivity index (χ0n) is 16.9. The van der Waals surface area contributed by atoms with Crippen molar-refractivity contribution in [1.29, 1.82) is 0 Å².